The summed E-state index contributed by atoms with van der Waals surface area (Å²) in [5, 5.41) is 2.43. The Balaban J connectivity index is 2.86. The van der Waals surface area contributed by atoms with Crippen molar-refractivity contribution >= 4 is 11.9 Å². The van der Waals surface area contributed by atoms with Gasteiger partial charge < -0.3 is 14.6 Å². The zero-order valence-corrected chi connectivity index (χ0v) is 9.67. The zero-order chi connectivity index (χ0) is 12.8. The Bertz CT molecular complexity index is 467. The summed E-state index contributed by atoms with van der Waals surface area (Å²) in [7, 11) is 1.23. The second kappa shape index (κ2) is 5.83. The van der Waals surface area contributed by atoms with E-state index in [4.69, 9.17) is 0 Å². The first kappa shape index (κ1) is 13.0. The van der Waals surface area contributed by atoms with Crippen molar-refractivity contribution in [2.75, 3.05) is 7.11 Å². The van der Waals surface area contributed by atoms with Crippen LogP contribution in [0.3, 0.4) is 0 Å². The van der Waals surface area contributed by atoms with Crippen LogP contribution in [0.15, 0.2) is 29.2 Å². The molecule has 92 valence electrons. The molecular weight excluding hydrogens is 224 g/mol. The number of amides is 1. The van der Waals surface area contributed by atoms with Gasteiger partial charge in [-0.15, -0.1) is 0 Å². The van der Waals surface area contributed by atoms with Crippen LogP contribution in [0.4, 0.5) is 0 Å². The fourth-order valence-corrected chi connectivity index (χ4v) is 1.37. The molecule has 17 heavy (non-hydrogen) atoms. The number of rotatable bonds is 4. The highest BCUT2D eigenvalue weighted by Crippen LogP contribution is 1.93. The molecule has 0 fully saturated rings. The lowest BCUT2D eigenvalue weighted by Crippen LogP contribution is -2.44. The molecule has 0 aliphatic rings. The van der Waals surface area contributed by atoms with Gasteiger partial charge in [0.05, 0.1) is 13.7 Å². The summed E-state index contributed by atoms with van der Waals surface area (Å²) < 4.78 is 5.89. The van der Waals surface area contributed by atoms with Gasteiger partial charge in [-0.1, -0.05) is 6.07 Å². The van der Waals surface area contributed by atoms with Crippen molar-refractivity contribution in [1.82, 2.24) is 9.88 Å². The predicted octanol–water partition coefficient (Wildman–Crippen LogP) is -0.474. The Morgan fingerprint density at radius 1 is 1.47 bits per heavy atom. The Kier molecular flexibility index (Phi) is 4.45. The smallest absolute Gasteiger partial charge is 0.330 e. The number of aromatic nitrogens is 1. The van der Waals surface area contributed by atoms with E-state index in [1.54, 1.807) is 18.3 Å². The maximum Gasteiger partial charge on any atom is 0.330 e. The number of ether oxygens (including phenoxy) is 1. The number of nitrogens with zero attached hydrogens (tertiary/aromatic N) is 1. The highest BCUT2D eigenvalue weighted by Gasteiger charge is 2.20. The number of carbonyl (C=O) groups excluding carboxylic acids is 2. The number of nitrogens with one attached hydrogen (secondary N) is 1. The average Bonchev–Trinajstić information content (AvgIpc) is 2.29. The molecule has 1 aromatic heterocycles. The molecule has 6 heteroatoms. The highest BCUT2D eigenvalue weighted by atomic mass is 16.5. The number of hydrogen-bond donors (Lipinski definition) is 1. The molecule has 0 bridgehead atoms. The second-order valence-electron chi connectivity index (χ2n) is 3.47. The minimum Gasteiger partial charge on any atom is -0.467 e. The van der Waals surface area contributed by atoms with Crippen LogP contribution in [0.5, 0.6) is 0 Å². The third-order valence-corrected chi connectivity index (χ3v) is 2.14. The first-order valence-electron chi connectivity index (χ1n) is 5.05. The van der Waals surface area contributed by atoms with Crippen LogP contribution in [0.2, 0.25) is 0 Å². The van der Waals surface area contributed by atoms with Crippen molar-refractivity contribution in [1.29, 1.82) is 0 Å². The van der Waals surface area contributed by atoms with Gasteiger partial charge in [-0.25, -0.2) is 4.79 Å². The summed E-state index contributed by atoms with van der Waals surface area (Å²) >= 11 is 0. The van der Waals surface area contributed by atoms with Crippen LogP contribution < -0.4 is 10.9 Å². The third kappa shape index (κ3) is 3.75. The van der Waals surface area contributed by atoms with Crippen LogP contribution in [0, 0.1) is 0 Å². The van der Waals surface area contributed by atoms with E-state index in [1.165, 1.54) is 24.7 Å². The van der Waals surface area contributed by atoms with Gasteiger partial charge in [-0.2, -0.15) is 0 Å². The first-order valence-corrected chi connectivity index (χ1v) is 5.05. The number of esters is 1. The van der Waals surface area contributed by atoms with Crippen molar-refractivity contribution < 1.29 is 14.3 Å². The van der Waals surface area contributed by atoms with Gasteiger partial charge in [-0.3, -0.25) is 9.59 Å². The van der Waals surface area contributed by atoms with E-state index < -0.39 is 12.0 Å². The van der Waals surface area contributed by atoms with Crippen molar-refractivity contribution in [3.05, 3.63) is 34.7 Å². The molecule has 1 heterocycles. The molecule has 0 aromatic carbocycles. The fourth-order valence-electron chi connectivity index (χ4n) is 1.37. The summed E-state index contributed by atoms with van der Waals surface area (Å²) in [6.07, 6.45) is 1.54. The molecule has 0 aliphatic carbocycles. The Morgan fingerprint density at radius 2 is 2.18 bits per heavy atom. The van der Waals surface area contributed by atoms with Gasteiger partial charge in [0.15, 0.2) is 0 Å². The SMILES string of the molecule is COC(=O)C(Cn1ccccc1=O)NC(C)=O. The lowest BCUT2D eigenvalue weighted by molar-refractivity contribution is -0.145. The van der Waals surface area contributed by atoms with E-state index in [-0.39, 0.29) is 18.0 Å². The molecule has 1 atom stereocenters. The van der Waals surface area contributed by atoms with Gasteiger partial charge in [0.2, 0.25) is 5.91 Å². The van der Waals surface area contributed by atoms with Crippen LogP contribution >= 0.6 is 0 Å². The van der Waals surface area contributed by atoms with Gasteiger partial charge in [0.1, 0.15) is 6.04 Å². The van der Waals surface area contributed by atoms with E-state index in [1.807, 2.05) is 0 Å². The van der Waals surface area contributed by atoms with E-state index in [0.717, 1.165) is 0 Å². The van der Waals surface area contributed by atoms with Gasteiger partial charge in [0.25, 0.3) is 5.56 Å². The van der Waals surface area contributed by atoms with E-state index >= 15 is 0 Å². The molecule has 1 unspecified atom stereocenters. The zero-order valence-electron chi connectivity index (χ0n) is 9.67. The lowest BCUT2D eigenvalue weighted by Gasteiger charge is -2.16. The monoisotopic (exact) mass is 238 g/mol. The molecule has 1 aromatic rings. The van der Waals surface area contributed by atoms with Crippen molar-refractivity contribution in [3.63, 3.8) is 0 Å². The summed E-state index contributed by atoms with van der Waals surface area (Å²) in [6, 6.07) is 3.79. The van der Waals surface area contributed by atoms with Crippen LogP contribution in [0.1, 0.15) is 6.92 Å². The summed E-state index contributed by atoms with van der Waals surface area (Å²) in [5.74, 6) is -0.944. The summed E-state index contributed by atoms with van der Waals surface area (Å²) in [6.45, 7) is 1.34. The van der Waals surface area contributed by atoms with Crippen molar-refractivity contribution in [2.24, 2.45) is 0 Å². The first-order chi connectivity index (χ1) is 8.04. The second-order valence-corrected chi connectivity index (χ2v) is 3.47. The minimum absolute atomic E-state index is 0.0475. The lowest BCUT2D eigenvalue weighted by atomic mass is 10.3. The molecule has 0 saturated carbocycles. The highest BCUT2D eigenvalue weighted by molar-refractivity contribution is 5.83. The molecule has 1 N–H and O–H groups in total. The van der Waals surface area contributed by atoms with Crippen LogP contribution in [-0.2, 0) is 20.9 Å². The Morgan fingerprint density at radius 3 is 2.71 bits per heavy atom. The number of carbonyl (C=O) groups is 2. The molecule has 0 spiro atoms. The molecule has 6 nitrogen and oxygen atoms in total. The van der Waals surface area contributed by atoms with Crippen molar-refractivity contribution in [2.45, 2.75) is 19.5 Å². The van der Waals surface area contributed by atoms with E-state index in [0.29, 0.717) is 0 Å². The average molecular weight is 238 g/mol. The molecule has 0 aliphatic heterocycles. The van der Waals surface area contributed by atoms with Gasteiger partial charge >= 0.3 is 5.97 Å². The molecular formula is C11H14N2O4. The number of methoxy groups -OCH3 is 1. The molecule has 0 radical (unpaired) electrons. The van der Waals surface area contributed by atoms with Gasteiger partial charge in [0, 0.05) is 19.2 Å². The normalized spacial score (nSPS) is 11.6. The van der Waals surface area contributed by atoms with Crippen LogP contribution in [-0.4, -0.2) is 29.6 Å². The standard InChI is InChI=1S/C11H14N2O4/c1-8(14)12-9(11(16)17-2)7-13-6-4-3-5-10(13)15/h3-6,9H,7H2,1-2H3,(H,12,14). The summed E-state index contributed by atoms with van der Waals surface area (Å²) in [4.78, 5) is 33.8. The number of hydrogen-bond acceptors (Lipinski definition) is 4. The van der Waals surface area contributed by atoms with E-state index in [2.05, 4.69) is 10.1 Å². The van der Waals surface area contributed by atoms with Gasteiger partial charge in [-0.05, 0) is 6.07 Å². The molecule has 1 rings (SSSR count). The Hall–Kier alpha value is -2.11. The Labute approximate surface area is 98.2 Å². The summed E-state index contributed by atoms with van der Waals surface area (Å²) in [5.41, 5.74) is -0.244. The quantitative estimate of drug-likeness (QED) is 0.719. The van der Waals surface area contributed by atoms with Crippen LogP contribution in [0.25, 0.3) is 0 Å². The minimum atomic E-state index is -0.863. The third-order valence-electron chi connectivity index (χ3n) is 2.14. The molecule has 1 amide bonds. The van der Waals surface area contributed by atoms with E-state index in [9.17, 15) is 14.4 Å². The number of pyridine rings is 1. The maximum absolute atomic E-state index is 11.4. The largest absolute Gasteiger partial charge is 0.467 e. The fraction of sp³-hybridized carbons (Fsp3) is 0.364. The topological polar surface area (TPSA) is 77.4 Å². The van der Waals surface area contributed by atoms with Crippen molar-refractivity contribution in [3.8, 4) is 0 Å². The predicted molar refractivity (Wildman–Crippen MR) is 60.3 cm³/mol. The maximum atomic E-state index is 11.4. The molecule has 0 saturated heterocycles.